The highest BCUT2D eigenvalue weighted by Gasteiger charge is 2.27. The molecule has 1 aliphatic carbocycles. The van der Waals surface area contributed by atoms with Gasteiger partial charge in [0.25, 0.3) is 0 Å². The summed E-state index contributed by atoms with van der Waals surface area (Å²) < 4.78 is 40.4. The quantitative estimate of drug-likeness (QED) is 0.661. The van der Waals surface area contributed by atoms with E-state index in [-0.39, 0.29) is 6.61 Å². The number of alkyl halides is 3. The van der Waals surface area contributed by atoms with Crippen LogP contribution in [-0.2, 0) is 4.74 Å². The molecule has 0 saturated heterocycles. The zero-order valence-corrected chi connectivity index (χ0v) is 11.4. The van der Waals surface area contributed by atoms with Crippen LogP contribution in [0.3, 0.4) is 0 Å². The van der Waals surface area contributed by atoms with Crippen LogP contribution in [0.1, 0.15) is 38.5 Å². The summed E-state index contributed by atoms with van der Waals surface area (Å²) in [7, 11) is 0. The first-order valence-corrected chi connectivity index (χ1v) is 7.11. The fourth-order valence-electron chi connectivity index (χ4n) is 2.60. The molecule has 0 aromatic carbocycles. The Morgan fingerprint density at radius 2 is 1.74 bits per heavy atom. The van der Waals surface area contributed by atoms with Gasteiger partial charge in [-0.15, -0.1) is 0 Å². The molecule has 6 heteroatoms. The molecule has 0 aliphatic heterocycles. The molecule has 1 rings (SSSR count). The molecule has 0 bridgehead atoms. The van der Waals surface area contributed by atoms with E-state index in [2.05, 4.69) is 9.64 Å². The normalized spacial score (nSPS) is 17.5. The third kappa shape index (κ3) is 7.74. The summed E-state index contributed by atoms with van der Waals surface area (Å²) in [6.07, 6.45) is 2.30. The summed E-state index contributed by atoms with van der Waals surface area (Å²) >= 11 is 0. The summed E-state index contributed by atoms with van der Waals surface area (Å²) in [5, 5.41) is 0. The minimum absolute atomic E-state index is 0.172. The van der Waals surface area contributed by atoms with Crippen LogP contribution >= 0.6 is 0 Å². The van der Waals surface area contributed by atoms with Crippen LogP contribution in [0.25, 0.3) is 0 Å². The molecule has 0 heterocycles. The van der Waals surface area contributed by atoms with Crippen LogP contribution in [0, 0.1) is 0 Å². The lowest BCUT2D eigenvalue weighted by Crippen LogP contribution is -2.36. The first kappa shape index (κ1) is 16.7. The van der Waals surface area contributed by atoms with E-state index >= 15 is 0 Å². The van der Waals surface area contributed by atoms with Crippen molar-refractivity contribution >= 4 is 0 Å². The Balaban J connectivity index is 2.17. The van der Waals surface area contributed by atoms with Gasteiger partial charge in [0.15, 0.2) is 0 Å². The highest BCUT2D eigenvalue weighted by molar-refractivity contribution is 4.77. The Labute approximate surface area is 113 Å². The summed E-state index contributed by atoms with van der Waals surface area (Å²) in [4.78, 5) is 2.37. The number of nitrogens with two attached hydrogens (primary N) is 1. The predicted molar refractivity (Wildman–Crippen MR) is 69.0 cm³/mol. The fourth-order valence-corrected chi connectivity index (χ4v) is 2.60. The topological polar surface area (TPSA) is 38.5 Å². The maximum atomic E-state index is 11.9. The largest absolute Gasteiger partial charge is 0.411 e. The molecule has 0 amide bonds. The third-order valence-electron chi connectivity index (χ3n) is 3.49. The molecule has 0 atom stereocenters. The molecular weight excluding hydrogens is 257 g/mol. The summed E-state index contributed by atoms with van der Waals surface area (Å²) in [5.41, 5.74) is 5.52. The van der Waals surface area contributed by atoms with Gasteiger partial charge in [-0.2, -0.15) is 13.2 Å². The number of hydrogen-bond donors (Lipinski definition) is 1. The molecule has 1 fully saturated rings. The van der Waals surface area contributed by atoms with Crippen molar-refractivity contribution in [2.75, 3.05) is 32.8 Å². The average Bonchev–Trinajstić information content (AvgIpc) is 2.85. The van der Waals surface area contributed by atoms with Gasteiger partial charge in [0.2, 0.25) is 0 Å². The van der Waals surface area contributed by atoms with Crippen molar-refractivity contribution in [3.8, 4) is 0 Å². The van der Waals surface area contributed by atoms with Gasteiger partial charge in [-0.3, -0.25) is 0 Å². The second kappa shape index (κ2) is 8.76. The first-order valence-electron chi connectivity index (χ1n) is 7.11. The molecule has 1 saturated carbocycles. The molecular formula is C13H25F3N2O. The van der Waals surface area contributed by atoms with Gasteiger partial charge >= 0.3 is 6.18 Å². The molecule has 19 heavy (non-hydrogen) atoms. The van der Waals surface area contributed by atoms with Crippen LogP contribution in [0.15, 0.2) is 0 Å². The number of halogens is 3. The van der Waals surface area contributed by atoms with E-state index in [1.54, 1.807) is 0 Å². The Kier molecular flexibility index (Phi) is 7.71. The highest BCUT2D eigenvalue weighted by atomic mass is 19.4. The molecule has 0 radical (unpaired) electrons. The highest BCUT2D eigenvalue weighted by Crippen LogP contribution is 2.23. The summed E-state index contributed by atoms with van der Waals surface area (Å²) in [6.45, 7) is 1.45. The van der Waals surface area contributed by atoms with Crippen LogP contribution in [0.2, 0.25) is 0 Å². The fraction of sp³-hybridized carbons (Fsp3) is 1.00. The number of rotatable bonds is 9. The second-order valence-electron chi connectivity index (χ2n) is 5.14. The van der Waals surface area contributed by atoms with E-state index in [0.29, 0.717) is 19.0 Å². The monoisotopic (exact) mass is 282 g/mol. The van der Waals surface area contributed by atoms with Gasteiger partial charge in [-0.1, -0.05) is 12.8 Å². The van der Waals surface area contributed by atoms with Crippen LogP contribution in [0.4, 0.5) is 13.2 Å². The van der Waals surface area contributed by atoms with E-state index in [4.69, 9.17) is 5.73 Å². The molecule has 1 aliphatic rings. The maximum absolute atomic E-state index is 11.9. The minimum Gasteiger partial charge on any atom is -0.372 e. The zero-order valence-electron chi connectivity index (χ0n) is 11.4. The van der Waals surface area contributed by atoms with Crippen LogP contribution in [-0.4, -0.2) is 50.0 Å². The standard InChI is InChI=1S/C13H25F3N2O/c14-13(15,16)11-19-10-4-9-18(8-3-7-17)12-5-1-2-6-12/h12H,1-11,17H2. The smallest absolute Gasteiger partial charge is 0.372 e. The second-order valence-corrected chi connectivity index (χ2v) is 5.14. The van der Waals surface area contributed by atoms with Gasteiger partial charge in [-0.25, -0.2) is 0 Å². The van der Waals surface area contributed by atoms with E-state index < -0.39 is 12.8 Å². The third-order valence-corrected chi connectivity index (χ3v) is 3.49. The van der Waals surface area contributed by atoms with Crippen molar-refractivity contribution in [1.82, 2.24) is 4.90 Å². The van der Waals surface area contributed by atoms with Crippen molar-refractivity contribution in [3.63, 3.8) is 0 Å². The Morgan fingerprint density at radius 3 is 2.32 bits per heavy atom. The van der Waals surface area contributed by atoms with E-state index in [1.165, 1.54) is 25.7 Å². The van der Waals surface area contributed by atoms with Gasteiger partial charge in [-0.05, 0) is 38.8 Å². The van der Waals surface area contributed by atoms with Crippen molar-refractivity contribution in [1.29, 1.82) is 0 Å². The first-order chi connectivity index (χ1) is 9.03. The Hall–Kier alpha value is -0.330. The van der Waals surface area contributed by atoms with Crippen molar-refractivity contribution < 1.29 is 17.9 Å². The van der Waals surface area contributed by atoms with Crippen molar-refractivity contribution in [3.05, 3.63) is 0 Å². The van der Waals surface area contributed by atoms with E-state index in [9.17, 15) is 13.2 Å². The summed E-state index contributed by atoms with van der Waals surface area (Å²) in [5.74, 6) is 0. The lowest BCUT2D eigenvalue weighted by atomic mass is 10.2. The van der Waals surface area contributed by atoms with Gasteiger partial charge in [0.05, 0.1) is 0 Å². The van der Waals surface area contributed by atoms with E-state index in [1.807, 2.05) is 0 Å². The van der Waals surface area contributed by atoms with E-state index in [0.717, 1.165) is 19.5 Å². The molecule has 2 N–H and O–H groups in total. The molecule has 0 unspecified atom stereocenters. The van der Waals surface area contributed by atoms with Crippen molar-refractivity contribution in [2.24, 2.45) is 5.73 Å². The molecule has 0 spiro atoms. The number of hydrogen-bond acceptors (Lipinski definition) is 3. The predicted octanol–water partition coefficient (Wildman–Crippen LogP) is 2.55. The van der Waals surface area contributed by atoms with Gasteiger partial charge < -0.3 is 15.4 Å². The molecule has 114 valence electrons. The maximum Gasteiger partial charge on any atom is 0.411 e. The van der Waals surface area contributed by atoms with Gasteiger partial charge in [0.1, 0.15) is 6.61 Å². The lowest BCUT2D eigenvalue weighted by molar-refractivity contribution is -0.174. The zero-order chi connectivity index (χ0) is 14.1. The van der Waals surface area contributed by atoms with Crippen LogP contribution < -0.4 is 5.73 Å². The van der Waals surface area contributed by atoms with Crippen LogP contribution in [0.5, 0.6) is 0 Å². The molecule has 0 aromatic heterocycles. The Bertz CT molecular complexity index is 230. The SMILES string of the molecule is NCCCN(CCCOCC(F)(F)F)C1CCCC1. The summed E-state index contributed by atoms with van der Waals surface area (Å²) in [6, 6.07) is 0.592. The average molecular weight is 282 g/mol. The number of nitrogens with zero attached hydrogens (tertiary/aromatic N) is 1. The number of ether oxygens (including phenoxy) is 1. The molecule has 3 nitrogen and oxygen atoms in total. The molecule has 0 aromatic rings. The van der Waals surface area contributed by atoms with Crippen molar-refractivity contribution in [2.45, 2.75) is 50.7 Å². The lowest BCUT2D eigenvalue weighted by Gasteiger charge is -2.28. The minimum atomic E-state index is -4.22. The van der Waals surface area contributed by atoms with Gasteiger partial charge in [0, 0.05) is 19.2 Å². The Morgan fingerprint density at radius 1 is 1.11 bits per heavy atom.